The fourth-order valence-corrected chi connectivity index (χ4v) is 7.25. The van der Waals surface area contributed by atoms with Crippen molar-refractivity contribution in [3.8, 4) is 22.6 Å². The molecule has 0 saturated carbocycles. The number of pyridine rings is 2. The second-order valence-corrected chi connectivity index (χ2v) is 17.6. The van der Waals surface area contributed by atoms with Crippen molar-refractivity contribution in [1.29, 1.82) is 0 Å². The summed E-state index contributed by atoms with van der Waals surface area (Å²) in [6.07, 6.45) is 1.89. The Kier molecular flexibility index (Phi) is 8.28. The molecule has 0 fully saturated rings. The van der Waals surface area contributed by atoms with E-state index in [1.54, 1.807) is 12.1 Å². The number of benzene rings is 3. The molecule has 0 aliphatic heterocycles. The number of para-hydroxylation sites is 2. The summed E-state index contributed by atoms with van der Waals surface area (Å²) in [5, 5.41) is 3.26. The van der Waals surface area contributed by atoms with Gasteiger partial charge in [-0.2, -0.15) is 0 Å². The molecular formula is C39H40IrN4OSi-2. The number of hydrogen-bond donors (Lipinski definition) is 0. The van der Waals surface area contributed by atoms with Gasteiger partial charge in [-0.3, -0.25) is 4.98 Å². The van der Waals surface area contributed by atoms with Gasteiger partial charge >= 0.3 is 0 Å². The number of hydrogen-bond acceptors (Lipinski definition) is 4. The summed E-state index contributed by atoms with van der Waals surface area (Å²) in [5.41, 5.74) is 8.11. The molecule has 237 valence electrons. The first kappa shape index (κ1) is 28.3. The summed E-state index contributed by atoms with van der Waals surface area (Å²) >= 11 is 0. The van der Waals surface area contributed by atoms with E-state index in [4.69, 9.17) is 14.9 Å². The molecule has 0 aliphatic carbocycles. The van der Waals surface area contributed by atoms with Gasteiger partial charge in [-0.05, 0) is 54.9 Å². The third-order valence-corrected chi connectivity index (χ3v) is 9.99. The van der Waals surface area contributed by atoms with E-state index >= 15 is 0 Å². The molecule has 0 bridgehead atoms. The molecule has 0 amide bonds. The summed E-state index contributed by atoms with van der Waals surface area (Å²) in [6.45, 7) is 13.3. The molecule has 5 nitrogen and oxygen atoms in total. The van der Waals surface area contributed by atoms with Gasteiger partial charge in [0.25, 0.3) is 0 Å². The summed E-state index contributed by atoms with van der Waals surface area (Å²) in [4.78, 5) is 13.9. The predicted molar refractivity (Wildman–Crippen MR) is 190 cm³/mol. The third kappa shape index (κ3) is 6.50. The Hall–Kier alpha value is -3.90. The van der Waals surface area contributed by atoms with E-state index < -0.39 is 20.8 Å². The minimum Gasteiger partial charge on any atom is -0.486 e. The summed E-state index contributed by atoms with van der Waals surface area (Å²) in [7, 11) is -1.61. The molecule has 0 aliphatic rings. The van der Waals surface area contributed by atoms with E-state index in [2.05, 4.69) is 65.4 Å². The van der Waals surface area contributed by atoms with Crippen LogP contribution in [0.1, 0.15) is 49.0 Å². The van der Waals surface area contributed by atoms with Crippen LogP contribution in [0.25, 0.3) is 55.7 Å². The molecule has 0 atom stereocenters. The van der Waals surface area contributed by atoms with Crippen LogP contribution in [0.15, 0.2) is 83.4 Å². The standard InChI is InChI=1S/C21H16N3O.C18H24NSi.Ir/c1-3-24-18-10-5-4-9-17(18)23-20(24)16-8-6-7-14-15-12-11-13(2)22-21(15)25-19(14)16;1-13(2)16-11-17(15-9-7-14(3)8-10-15)19-12-18(16)20(4,5)6;/h4-7,9-12H,3H2,1-2H3;7-9,11-13H,1-6H3;/q2*-1;/i;3D3,13D;. The van der Waals surface area contributed by atoms with E-state index in [9.17, 15) is 0 Å². The van der Waals surface area contributed by atoms with Crippen molar-refractivity contribution < 1.29 is 30.0 Å². The van der Waals surface area contributed by atoms with Crippen LogP contribution < -0.4 is 5.19 Å². The van der Waals surface area contributed by atoms with Gasteiger partial charge in [0.2, 0.25) is 5.71 Å². The molecule has 4 heterocycles. The maximum Gasteiger partial charge on any atom is 0.216 e. The number of aromatic nitrogens is 4. The van der Waals surface area contributed by atoms with Crippen molar-refractivity contribution in [2.75, 3.05) is 0 Å². The Balaban J connectivity index is 0.000000191. The third-order valence-electron chi connectivity index (χ3n) is 7.97. The van der Waals surface area contributed by atoms with Crippen LogP contribution in [0.3, 0.4) is 0 Å². The predicted octanol–water partition coefficient (Wildman–Crippen LogP) is 9.65. The van der Waals surface area contributed by atoms with Gasteiger partial charge in [0.15, 0.2) is 0 Å². The van der Waals surface area contributed by atoms with Crippen molar-refractivity contribution in [2.45, 2.75) is 66.6 Å². The minimum atomic E-state index is -2.13. The first-order chi connectivity index (χ1) is 23.1. The van der Waals surface area contributed by atoms with Crippen molar-refractivity contribution >= 4 is 46.4 Å². The molecule has 4 aromatic heterocycles. The van der Waals surface area contributed by atoms with Gasteiger partial charge in [0, 0.05) is 49.4 Å². The van der Waals surface area contributed by atoms with Crippen molar-refractivity contribution in [3.05, 3.63) is 108 Å². The Morgan fingerprint density at radius 3 is 2.50 bits per heavy atom. The number of fused-ring (bicyclic) bond motifs is 4. The van der Waals surface area contributed by atoms with Crippen LogP contribution in [-0.2, 0) is 26.7 Å². The Morgan fingerprint density at radius 1 is 1.00 bits per heavy atom. The molecule has 7 rings (SSSR count). The Morgan fingerprint density at radius 2 is 1.80 bits per heavy atom. The molecule has 3 aromatic carbocycles. The summed E-state index contributed by atoms with van der Waals surface area (Å²) < 4.78 is 39.1. The Bertz CT molecular complexity index is 2300. The minimum absolute atomic E-state index is 0. The number of nitrogens with zero attached hydrogens (tertiary/aromatic N) is 4. The van der Waals surface area contributed by atoms with E-state index in [-0.39, 0.29) is 25.7 Å². The number of rotatable bonds is 5. The van der Waals surface area contributed by atoms with Crippen molar-refractivity contribution in [1.82, 2.24) is 19.5 Å². The SMILES string of the molecule is CCn1c(-c2[c-]ccc3c2oc2nc(C)ccc23)nc2ccccc21.[2H]C([2H])([2H])c1c[c-]c(-c2cc(C([2H])(C)C)c([Si](C)(C)C)cn2)cc1.[Ir]. The van der Waals surface area contributed by atoms with Gasteiger partial charge in [-0.25, -0.2) is 4.98 Å². The quantitative estimate of drug-likeness (QED) is 0.129. The summed E-state index contributed by atoms with van der Waals surface area (Å²) in [6, 6.07) is 29.4. The monoisotopic (exact) mass is 805 g/mol. The zero-order valence-corrected chi connectivity index (χ0v) is 30.6. The average Bonchev–Trinajstić information content (AvgIpc) is 3.61. The average molecular weight is 805 g/mol. The molecule has 7 heteroatoms. The Labute approximate surface area is 292 Å². The van der Waals surface area contributed by atoms with Crippen molar-refractivity contribution in [2.24, 2.45) is 0 Å². The largest absolute Gasteiger partial charge is 0.486 e. The molecule has 0 spiro atoms. The van der Waals surface area contributed by atoms with Gasteiger partial charge < -0.3 is 14.0 Å². The van der Waals surface area contributed by atoms with Crippen LogP contribution in [0, 0.1) is 25.9 Å². The number of imidazole rings is 1. The first-order valence-electron chi connectivity index (χ1n) is 17.3. The van der Waals surface area contributed by atoms with Crippen LogP contribution in [0.5, 0.6) is 0 Å². The van der Waals surface area contributed by atoms with E-state index in [0.29, 0.717) is 5.71 Å². The molecular weight excluding hydrogens is 761 g/mol. The normalized spacial score (nSPS) is 13.4. The molecule has 1 radical (unpaired) electrons. The number of furan rings is 1. The van der Waals surface area contributed by atoms with Gasteiger partial charge in [-0.15, -0.1) is 53.6 Å². The fourth-order valence-electron chi connectivity index (χ4n) is 5.67. The number of aryl methyl sites for hydroxylation is 3. The maximum atomic E-state index is 8.48. The van der Waals surface area contributed by atoms with E-state index in [1.807, 2.05) is 69.4 Å². The van der Waals surface area contributed by atoms with Gasteiger partial charge in [0.1, 0.15) is 0 Å². The van der Waals surface area contributed by atoms with Crippen LogP contribution >= 0.6 is 0 Å². The molecule has 7 aromatic rings. The smallest absolute Gasteiger partial charge is 0.216 e. The maximum absolute atomic E-state index is 8.48. The molecule has 46 heavy (non-hydrogen) atoms. The van der Waals surface area contributed by atoms with E-state index in [1.165, 1.54) is 11.3 Å². The molecule has 0 unspecified atom stereocenters. The van der Waals surface area contributed by atoms with Crippen LogP contribution in [0.2, 0.25) is 19.6 Å². The molecule has 0 saturated heterocycles. The zero-order chi connectivity index (χ0) is 35.3. The van der Waals surface area contributed by atoms with Crippen LogP contribution in [-0.4, -0.2) is 27.6 Å². The second-order valence-electron chi connectivity index (χ2n) is 12.5. The van der Waals surface area contributed by atoms with Gasteiger partial charge in [-0.1, -0.05) is 75.1 Å². The topological polar surface area (TPSA) is 56.7 Å². The van der Waals surface area contributed by atoms with Gasteiger partial charge in [0.05, 0.1) is 30.5 Å². The second kappa shape index (κ2) is 13.4. The first-order valence-corrected chi connectivity index (χ1v) is 18.8. The summed E-state index contributed by atoms with van der Waals surface area (Å²) in [5.74, 6) is 0.163. The fraction of sp³-hybridized carbons (Fsp3) is 0.256. The zero-order valence-electron chi connectivity index (χ0n) is 31.2. The van der Waals surface area contributed by atoms with E-state index in [0.717, 1.165) is 67.8 Å². The molecule has 0 N–H and O–H groups in total. The van der Waals surface area contributed by atoms with Crippen LogP contribution in [0.4, 0.5) is 0 Å². The van der Waals surface area contributed by atoms with Crippen molar-refractivity contribution in [3.63, 3.8) is 0 Å².